The van der Waals surface area contributed by atoms with Crippen molar-refractivity contribution in [3.8, 4) is 0 Å². The highest BCUT2D eigenvalue weighted by molar-refractivity contribution is 5.93. The molecule has 2 heterocycles. The number of H-pyrrole nitrogens is 1. The second kappa shape index (κ2) is 6.04. The summed E-state index contributed by atoms with van der Waals surface area (Å²) in [7, 11) is 0. The third-order valence-electron chi connectivity index (χ3n) is 3.53. The zero-order valence-corrected chi connectivity index (χ0v) is 12.9. The highest BCUT2D eigenvalue weighted by atomic mass is 16.2. The van der Waals surface area contributed by atoms with Crippen molar-refractivity contribution in [3.05, 3.63) is 52.8 Å². The molecular formula is C16H17N5O2. The van der Waals surface area contributed by atoms with E-state index in [1.54, 1.807) is 18.3 Å². The lowest BCUT2D eigenvalue weighted by Gasteiger charge is -2.09. The number of rotatable bonds is 4. The molecule has 0 fully saturated rings. The van der Waals surface area contributed by atoms with E-state index in [-0.39, 0.29) is 23.9 Å². The molecular weight excluding hydrogens is 294 g/mol. The van der Waals surface area contributed by atoms with E-state index in [0.717, 1.165) is 16.6 Å². The van der Waals surface area contributed by atoms with Crippen LogP contribution in [-0.2, 0) is 11.3 Å². The van der Waals surface area contributed by atoms with Crippen LogP contribution in [0.4, 0.5) is 5.69 Å². The molecule has 2 N–H and O–H groups in total. The first-order chi connectivity index (χ1) is 11.0. The van der Waals surface area contributed by atoms with Crippen LogP contribution in [0.25, 0.3) is 10.9 Å². The van der Waals surface area contributed by atoms with Crippen molar-refractivity contribution < 1.29 is 4.79 Å². The maximum Gasteiger partial charge on any atom is 0.254 e. The minimum absolute atomic E-state index is 0.0782. The molecule has 1 amide bonds. The molecule has 3 aromatic rings. The Kier molecular flexibility index (Phi) is 3.92. The summed E-state index contributed by atoms with van der Waals surface area (Å²) >= 11 is 0. The Labute approximate surface area is 132 Å². The van der Waals surface area contributed by atoms with Crippen LogP contribution in [0.1, 0.15) is 25.5 Å². The molecule has 0 radical (unpaired) electrons. The number of nitrogens with one attached hydrogen (secondary N) is 2. The van der Waals surface area contributed by atoms with Gasteiger partial charge in [0, 0.05) is 17.1 Å². The van der Waals surface area contributed by atoms with E-state index < -0.39 is 0 Å². The first-order valence-electron chi connectivity index (χ1n) is 7.32. The summed E-state index contributed by atoms with van der Waals surface area (Å²) < 4.78 is 1.29. The largest absolute Gasteiger partial charge is 0.324 e. The van der Waals surface area contributed by atoms with Crippen molar-refractivity contribution in [2.24, 2.45) is 0 Å². The number of nitrogens with zero attached hydrogens (tertiary/aromatic N) is 3. The summed E-state index contributed by atoms with van der Waals surface area (Å²) in [6.45, 7) is 3.85. The normalized spacial score (nSPS) is 11.1. The molecule has 3 rings (SSSR count). The van der Waals surface area contributed by atoms with Gasteiger partial charge in [-0.25, -0.2) is 4.98 Å². The van der Waals surface area contributed by atoms with Gasteiger partial charge in [-0.05, 0) is 24.1 Å². The van der Waals surface area contributed by atoms with Gasteiger partial charge in [0.15, 0.2) is 0 Å². The lowest BCUT2D eigenvalue weighted by Crippen LogP contribution is -2.28. The Morgan fingerprint density at radius 2 is 2.17 bits per heavy atom. The van der Waals surface area contributed by atoms with Crippen molar-refractivity contribution in [1.29, 1.82) is 0 Å². The van der Waals surface area contributed by atoms with Crippen molar-refractivity contribution >= 4 is 22.5 Å². The highest BCUT2D eigenvalue weighted by Crippen LogP contribution is 2.16. The summed E-state index contributed by atoms with van der Waals surface area (Å²) in [4.78, 5) is 28.3. The topological polar surface area (TPSA) is 92.7 Å². The van der Waals surface area contributed by atoms with Crippen LogP contribution in [0.3, 0.4) is 0 Å². The zero-order valence-electron chi connectivity index (χ0n) is 12.9. The van der Waals surface area contributed by atoms with Crippen LogP contribution in [0.2, 0.25) is 0 Å². The van der Waals surface area contributed by atoms with Gasteiger partial charge in [0.05, 0.1) is 23.7 Å². The lowest BCUT2D eigenvalue weighted by molar-refractivity contribution is -0.116. The third-order valence-corrected chi connectivity index (χ3v) is 3.53. The maximum atomic E-state index is 12.1. The number of aromatic nitrogens is 4. The monoisotopic (exact) mass is 311 g/mol. The number of benzene rings is 1. The Bertz CT molecular complexity index is 910. The van der Waals surface area contributed by atoms with Crippen LogP contribution < -0.4 is 10.9 Å². The molecule has 7 heteroatoms. The molecule has 23 heavy (non-hydrogen) atoms. The summed E-state index contributed by atoms with van der Waals surface area (Å²) in [5.74, 6) is -0.114. The average molecular weight is 311 g/mol. The summed E-state index contributed by atoms with van der Waals surface area (Å²) in [6.07, 6.45) is 3.12. The number of anilines is 1. The van der Waals surface area contributed by atoms with Gasteiger partial charge in [-0.2, -0.15) is 5.10 Å². The van der Waals surface area contributed by atoms with E-state index in [0.29, 0.717) is 5.69 Å². The second-order valence-electron chi connectivity index (χ2n) is 5.65. The zero-order chi connectivity index (χ0) is 16.4. The van der Waals surface area contributed by atoms with Crippen LogP contribution >= 0.6 is 0 Å². The van der Waals surface area contributed by atoms with Crippen molar-refractivity contribution in [2.75, 3.05) is 5.32 Å². The van der Waals surface area contributed by atoms with Crippen LogP contribution in [-0.4, -0.2) is 25.7 Å². The van der Waals surface area contributed by atoms with Gasteiger partial charge in [-0.3, -0.25) is 19.3 Å². The highest BCUT2D eigenvalue weighted by Gasteiger charge is 2.08. The molecule has 0 unspecified atom stereocenters. The smallest absolute Gasteiger partial charge is 0.254 e. The predicted molar refractivity (Wildman–Crippen MR) is 87.3 cm³/mol. The average Bonchev–Trinajstić information content (AvgIpc) is 2.96. The first kappa shape index (κ1) is 15.0. The Balaban J connectivity index is 1.72. The number of hydrogen-bond acceptors (Lipinski definition) is 4. The molecule has 0 aliphatic carbocycles. The number of hydrogen-bond donors (Lipinski definition) is 2. The van der Waals surface area contributed by atoms with Crippen LogP contribution in [0.5, 0.6) is 0 Å². The maximum absolute atomic E-state index is 12.1. The lowest BCUT2D eigenvalue weighted by atomic mass is 10.1. The minimum Gasteiger partial charge on any atom is -0.324 e. The minimum atomic E-state index is -0.287. The van der Waals surface area contributed by atoms with E-state index in [2.05, 4.69) is 20.5 Å². The Morgan fingerprint density at radius 3 is 2.91 bits per heavy atom. The number of carbonyl (C=O) groups excluding carboxylic acids is 1. The molecule has 0 atom stereocenters. The van der Waals surface area contributed by atoms with Gasteiger partial charge in [0.25, 0.3) is 5.56 Å². The number of amides is 1. The van der Waals surface area contributed by atoms with Gasteiger partial charge in [0.1, 0.15) is 6.54 Å². The van der Waals surface area contributed by atoms with E-state index in [9.17, 15) is 9.59 Å². The fourth-order valence-electron chi connectivity index (χ4n) is 2.24. The molecule has 1 aromatic carbocycles. The standard InChI is InChI=1S/C16H17N5O2/c1-10(2)13-6-16(23)21(9-17-13)8-15(22)19-12-4-3-11-7-18-20-14(11)5-12/h3-7,9-10H,8H2,1-2H3,(H,18,20)(H,19,22). The molecule has 0 aliphatic rings. The molecule has 118 valence electrons. The number of aromatic amines is 1. The predicted octanol–water partition coefficient (Wildman–Crippen LogP) is 1.88. The van der Waals surface area contributed by atoms with Crippen LogP contribution in [0, 0.1) is 0 Å². The van der Waals surface area contributed by atoms with E-state index in [1.807, 2.05) is 19.9 Å². The Morgan fingerprint density at radius 1 is 1.35 bits per heavy atom. The molecule has 7 nitrogen and oxygen atoms in total. The van der Waals surface area contributed by atoms with Crippen molar-refractivity contribution in [2.45, 2.75) is 26.3 Å². The molecule has 0 saturated carbocycles. The Hall–Kier alpha value is -2.96. The fourth-order valence-corrected chi connectivity index (χ4v) is 2.24. The molecule has 2 aromatic heterocycles. The van der Waals surface area contributed by atoms with Gasteiger partial charge < -0.3 is 5.32 Å². The number of fused-ring (bicyclic) bond motifs is 1. The van der Waals surface area contributed by atoms with Gasteiger partial charge >= 0.3 is 0 Å². The summed E-state index contributed by atoms with van der Waals surface area (Å²) in [6, 6.07) is 6.91. The fraction of sp³-hybridized carbons (Fsp3) is 0.250. The van der Waals surface area contributed by atoms with E-state index in [4.69, 9.17) is 0 Å². The van der Waals surface area contributed by atoms with Gasteiger partial charge in [0.2, 0.25) is 5.91 Å². The summed E-state index contributed by atoms with van der Waals surface area (Å²) in [5.41, 5.74) is 1.97. The first-order valence-corrected chi connectivity index (χ1v) is 7.32. The molecule has 0 spiro atoms. The SMILES string of the molecule is CC(C)c1cc(=O)n(CC(=O)Nc2ccc3cn[nH]c3c2)cn1. The quantitative estimate of drug-likeness (QED) is 0.769. The van der Waals surface area contributed by atoms with Gasteiger partial charge in [-0.1, -0.05) is 13.8 Å². The van der Waals surface area contributed by atoms with E-state index in [1.165, 1.54) is 17.0 Å². The second-order valence-corrected chi connectivity index (χ2v) is 5.65. The van der Waals surface area contributed by atoms with Crippen molar-refractivity contribution in [3.63, 3.8) is 0 Å². The third kappa shape index (κ3) is 3.28. The number of carbonyl (C=O) groups is 1. The molecule has 0 aliphatic heterocycles. The molecule has 0 bridgehead atoms. The van der Waals surface area contributed by atoms with E-state index >= 15 is 0 Å². The van der Waals surface area contributed by atoms with Gasteiger partial charge in [-0.15, -0.1) is 0 Å². The van der Waals surface area contributed by atoms with Crippen molar-refractivity contribution in [1.82, 2.24) is 19.7 Å². The summed E-state index contributed by atoms with van der Waals surface area (Å²) in [5, 5.41) is 10.5. The molecule has 0 saturated heterocycles. The van der Waals surface area contributed by atoms with Crippen LogP contribution in [0.15, 0.2) is 41.6 Å².